The number of rotatable bonds is 5. The van der Waals surface area contributed by atoms with Gasteiger partial charge in [0.2, 0.25) is 5.91 Å². The lowest BCUT2D eigenvalue weighted by molar-refractivity contribution is -0.384. The monoisotopic (exact) mass is 445 g/mol. The van der Waals surface area contributed by atoms with E-state index < -0.39 is 34.8 Å². The molecule has 0 bridgehead atoms. The number of amides is 2. The van der Waals surface area contributed by atoms with Gasteiger partial charge in [-0.1, -0.05) is 42.5 Å². The number of imide groups is 1. The Morgan fingerprint density at radius 1 is 0.939 bits per heavy atom. The van der Waals surface area contributed by atoms with Gasteiger partial charge in [0, 0.05) is 12.1 Å². The molecule has 3 aromatic rings. The van der Waals surface area contributed by atoms with Gasteiger partial charge in [0.25, 0.3) is 11.6 Å². The van der Waals surface area contributed by atoms with Gasteiger partial charge in [0.05, 0.1) is 29.4 Å². The molecule has 3 atom stereocenters. The predicted octanol–water partition coefficient (Wildman–Crippen LogP) is 3.65. The molecule has 9 nitrogen and oxygen atoms in total. The molecule has 0 spiro atoms. The van der Waals surface area contributed by atoms with Crippen LogP contribution in [0.3, 0.4) is 0 Å². The number of hydrogen-bond acceptors (Lipinski definition) is 7. The Morgan fingerprint density at radius 2 is 1.67 bits per heavy atom. The second-order valence-electron chi connectivity index (χ2n) is 7.69. The number of nitrogens with zero attached hydrogens (tertiary/aromatic N) is 3. The Labute approximate surface area is 188 Å². The first-order valence-corrected chi connectivity index (χ1v) is 10.3. The van der Waals surface area contributed by atoms with Crippen LogP contribution in [-0.4, -0.2) is 30.0 Å². The number of benzene rings is 3. The van der Waals surface area contributed by atoms with Gasteiger partial charge in [-0.2, -0.15) is 0 Å². The van der Waals surface area contributed by atoms with E-state index in [9.17, 15) is 19.7 Å². The van der Waals surface area contributed by atoms with E-state index in [-0.39, 0.29) is 5.69 Å². The van der Waals surface area contributed by atoms with Gasteiger partial charge >= 0.3 is 0 Å². The minimum absolute atomic E-state index is 0.109. The molecule has 33 heavy (non-hydrogen) atoms. The number of ether oxygens (including phenoxy) is 1. The lowest BCUT2D eigenvalue weighted by Crippen LogP contribution is -2.37. The molecular weight excluding hydrogens is 426 g/mol. The van der Waals surface area contributed by atoms with Crippen molar-refractivity contribution in [3.63, 3.8) is 0 Å². The van der Waals surface area contributed by atoms with Crippen molar-refractivity contribution in [2.45, 2.75) is 12.1 Å². The zero-order valence-electron chi connectivity index (χ0n) is 17.5. The summed E-state index contributed by atoms with van der Waals surface area (Å²) in [5, 5.41) is 12.9. The Balaban J connectivity index is 1.62. The summed E-state index contributed by atoms with van der Waals surface area (Å²) in [6.07, 6.45) is -1.08. The normalized spacial score (nSPS) is 21.9. The van der Waals surface area contributed by atoms with Crippen LogP contribution in [0.15, 0.2) is 78.9 Å². The third-order valence-electron chi connectivity index (χ3n) is 5.87. The average molecular weight is 445 g/mol. The van der Waals surface area contributed by atoms with Crippen molar-refractivity contribution >= 4 is 28.9 Å². The van der Waals surface area contributed by atoms with Crippen molar-refractivity contribution < 1.29 is 24.1 Å². The van der Waals surface area contributed by atoms with Crippen molar-refractivity contribution in [1.29, 1.82) is 0 Å². The first kappa shape index (κ1) is 20.7. The fraction of sp³-hybridized carbons (Fsp3) is 0.167. The zero-order chi connectivity index (χ0) is 23.1. The number of anilines is 2. The maximum Gasteiger partial charge on any atom is 0.269 e. The van der Waals surface area contributed by atoms with Crippen molar-refractivity contribution in [3.8, 4) is 5.75 Å². The maximum absolute atomic E-state index is 13.7. The van der Waals surface area contributed by atoms with Gasteiger partial charge < -0.3 is 4.74 Å². The second kappa shape index (κ2) is 8.03. The largest absolute Gasteiger partial charge is 0.495 e. The van der Waals surface area contributed by atoms with Crippen molar-refractivity contribution in [3.05, 3.63) is 94.5 Å². The van der Waals surface area contributed by atoms with Crippen LogP contribution >= 0.6 is 0 Å². The number of methoxy groups -OCH3 is 1. The van der Waals surface area contributed by atoms with Crippen LogP contribution in [0.25, 0.3) is 0 Å². The number of non-ortho nitro benzene ring substituents is 1. The number of hydroxylamine groups is 1. The van der Waals surface area contributed by atoms with E-state index in [2.05, 4.69) is 0 Å². The van der Waals surface area contributed by atoms with Crippen LogP contribution in [0.4, 0.5) is 17.1 Å². The number of nitro benzene ring substituents is 1. The Bertz CT molecular complexity index is 1250. The Kier molecular flexibility index (Phi) is 5.02. The molecule has 0 unspecified atom stereocenters. The smallest absolute Gasteiger partial charge is 0.269 e. The van der Waals surface area contributed by atoms with Crippen LogP contribution in [0.1, 0.15) is 11.6 Å². The van der Waals surface area contributed by atoms with Gasteiger partial charge in [-0.15, -0.1) is 0 Å². The van der Waals surface area contributed by atoms with Gasteiger partial charge in [-0.25, -0.2) is 9.96 Å². The number of hydrogen-bond donors (Lipinski definition) is 0. The zero-order valence-corrected chi connectivity index (χ0v) is 17.5. The summed E-state index contributed by atoms with van der Waals surface area (Å²) < 4.78 is 5.35. The minimum Gasteiger partial charge on any atom is -0.495 e. The average Bonchev–Trinajstić information content (AvgIpc) is 3.35. The van der Waals surface area contributed by atoms with E-state index in [4.69, 9.17) is 9.57 Å². The summed E-state index contributed by atoms with van der Waals surface area (Å²) in [5.41, 5.74) is 1.36. The number of carbonyl (C=O) groups is 2. The molecular formula is C24H19N3O6. The van der Waals surface area contributed by atoms with Gasteiger partial charge in [-0.05, 0) is 29.8 Å². The SMILES string of the molecule is COc1ccccc1N1C(=O)[C@H]2[C@H](ON(c3ccccc3)[C@@H]2c2cccc([N+](=O)[O-])c2)C1=O. The molecule has 5 rings (SSSR count). The first-order chi connectivity index (χ1) is 16.0. The molecule has 2 saturated heterocycles. The molecule has 2 aliphatic heterocycles. The number of nitro groups is 1. The topological polar surface area (TPSA) is 102 Å². The number of fused-ring (bicyclic) bond motifs is 1. The number of carbonyl (C=O) groups excluding carboxylic acids is 2. The third-order valence-corrected chi connectivity index (χ3v) is 5.87. The molecule has 166 valence electrons. The Hall–Kier alpha value is -4.24. The lowest BCUT2D eigenvalue weighted by Gasteiger charge is -2.29. The van der Waals surface area contributed by atoms with E-state index in [1.165, 1.54) is 24.3 Å². The van der Waals surface area contributed by atoms with Gasteiger partial charge in [-0.3, -0.25) is 24.5 Å². The molecule has 2 aliphatic rings. The quantitative estimate of drug-likeness (QED) is 0.336. The molecule has 0 aliphatic carbocycles. The molecule has 3 aromatic carbocycles. The summed E-state index contributed by atoms with van der Waals surface area (Å²) in [4.78, 5) is 45.1. The second-order valence-corrected chi connectivity index (χ2v) is 7.69. The van der Waals surface area contributed by atoms with Crippen LogP contribution < -0.4 is 14.7 Å². The highest BCUT2D eigenvalue weighted by Crippen LogP contribution is 2.48. The van der Waals surface area contributed by atoms with E-state index in [1.54, 1.807) is 48.5 Å². The summed E-state index contributed by atoms with van der Waals surface area (Å²) >= 11 is 0. The van der Waals surface area contributed by atoms with Crippen molar-refractivity contribution in [2.24, 2.45) is 5.92 Å². The van der Waals surface area contributed by atoms with Crippen molar-refractivity contribution in [2.75, 3.05) is 17.1 Å². The third kappa shape index (κ3) is 3.30. The summed E-state index contributed by atoms with van der Waals surface area (Å²) in [6.45, 7) is 0. The molecule has 0 saturated carbocycles. The highest BCUT2D eigenvalue weighted by molar-refractivity contribution is 6.24. The summed E-state index contributed by atoms with van der Waals surface area (Å²) in [6, 6.07) is 21.1. The van der Waals surface area contributed by atoms with E-state index >= 15 is 0 Å². The predicted molar refractivity (Wildman–Crippen MR) is 119 cm³/mol. The van der Waals surface area contributed by atoms with Crippen LogP contribution in [0.2, 0.25) is 0 Å². The van der Waals surface area contributed by atoms with Crippen LogP contribution in [0, 0.1) is 16.0 Å². The van der Waals surface area contributed by atoms with Crippen LogP contribution in [0.5, 0.6) is 5.75 Å². The van der Waals surface area contributed by atoms with E-state index in [0.29, 0.717) is 22.7 Å². The molecule has 2 heterocycles. The van der Waals surface area contributed by atoms with Gasteiger partial charge in [0.1, 0.15) is 11.7 Å². The van der Waals surface area contributed by atoms with Crippen LogP contribution in [-0.2, 0) is 14.4 Å². The summed E-state index contributed by atoms with van der Waals surface area (Å²) in [7, 11) is 1.46. The number of para-hydroxylation sites is 3. The maximum atomic E-state index is 13.7. The molecule has 9 heteroatoms. The standard InChI is InChI=1S/C24H19N3O6/c1-32-19-13-6-5-12-18(19)25-23(28)20-21(15-8-7-11-17(14-15)27(30)31)26(33-22(20)24(25)29)16-9-3-2-4-10-16/h2-14,20-22H,1H3/t20-,21-,22+/m1/s1. The van der Waals surface area contributed by atoms with E-state index in [0.717, 1.165) is 4.90 Å². The Morgan fingerprint density at radius 3 is 2.39 bits per heavy atom. The first-order valence-electron chi connectivity index (χ1n) is 10.3. The molecule has 0 aromatic heterocycles. The van der Waals surface area contributed by atoms with Crippen molar-refractivity contribution in [1.82, 2.24) is 0 Å². The van der Waals surface area contributed by atoms with Gasteiger partial charge in [0.15, 0.2) is 6.10 Å². The highest BCUT2D eigenvalue weighted by Gasteiger charge is 2.60. The van der Waals surface area contributed by atoms with E-state index in [1.807, 2.05) is 18.2 Å². The minimum atomic E-state index is -1.08. The molecule has 0 radical (unpaired) electrons. The molecule has 2 fully saturated rings. The fourth-order valence-corrected chi connectivity index (χ4v) is 4.43. The highest BCUT2D eigenvalue weighted by atomic mass is 16.7. The molecule has 0 N–H and O–H groups in total. The fourth-order valence-electron chi connectivity index (χ4n) is 4.43. The molecule has 2 amide bonds. The lowest BCUT2D eigenvalue weighted by atomic mass is 9.90. The summed E-state index contributed by atoms with van der Waals surface area (Å²) in [5.74, 6) is -1.48.